The zero-order valence-corrected chi connectivity index (χ0v) is 12.0. The average Bonchev–Trinajstić information content (AvgIpc) is 3.00. The maximum atomic E-state index is 12.3. The summed E-state index contributed by atoms with van der Waals surface area (Å²) >= 11 is 1.37. The molecule has 0 N–H and O–H groups in total. The summed E-state index contributed by atoms with van der Waals surface area (Å²) in [5.41, 5.74) is 2.14. The molecule has 5 nitrogen and oxygen atoms in total. The molecule has 0 spiro atoms. The van der Waals surface area contributed by atoms with Crippen LogP contribution in [0.3, 0.4) is 0 Å². The first-order valence-corrected chi connectivity index (χ1v) is 7.03. The van der Waals surface area contributed by atoms with Gasteiger partial charge in [-0.25, -0.2) is 4.98 Å². The molecule has 0 aliphatic rings. The van der Waals surface area contributed by atoms with Crippen LogP contribution < -0.4 is 5.56 Å². The van der Waals surface area contributed by atoms with Crippen molar-refractivity contribution >= 4 is 27.3 Å². The van der Waals surface area contributed by atoms with E-state index < -0.39 is 0 Å². The number of fused-ring (bicyclic) bond motifs is 1. The highest BCUT2D eigenvalue weighted by Crippen LogP contribution is 2.19. The smallest absolute Gasteiger partial charge is 0.271 e. The van der Waals surface area contributed by atoms with Gasteiger partial charge in [-0.3, -0.25) is 14.2 Å². The van der Waals surface area contributed by atoms with Crippen LogP contribution in [-0.4, -0.2) is 19.9 Å². The zero-order chi connectivity index (χ0) is 14.3. The van der Waals surface area contributed by atoms with Gasteiger partial charge in [-0.2, -0.15) is 0 Å². The van der Waals surface area contributed by atoms with E-state index in [-0.39, 0.29) is 17.9 Å². The number of carbonyl (C=O) groups excluding carboxylic acids is 1. The quantitative estimate of drug-likeness (QED) is 0.692. The number of rotatable bonds is 3. The lowest BCUT2D eigenvalue weighted by atomic mass is 10.2. The summed E-state index contributed by atoms with van der Waals surface area (Å²) < 4.78 is 3.71. The van der Waals surface area contributed by atoms with Gasteiger partial charge in [-0.1, -0.05) is 0 Å². The maximum absolute atomic E-state index is 12.3. The number of Topliss-reactive ketones (excluding diaryl/α,β-unsaturated/α-hetero) is 1. The Morgan fingerprint density at radius 2 is 2.25 bits per heavy atom. The first-order valence-electron chi connectivity index (χ1n) is 6.15. The Labute approximate surface area is 119 Å². The highest BCUT2D eigenvalue weighted by molar-refractivity contribution is 7.17. The molecule has 3 rings (SSSR count). The van der Waals surface area contributed by atoms with Gasteiger partial charge in [0.25, 0.3) is 5.56 Å². The minimum Gasteiger partial charge on any atom is -0.348 e. The van der Waals surface area contributed by atoms with Gasteiger partial charge in [-0.05, 0) is 30.0 Å². The summed E-state index contributed by atoms with van der Waals surface area (Å²) in [4.78, 5) is 28.8. The zero-order valence-electron chi connectivity index (χ0n) is 11.2. The monoisotopic (exact) mass is 287 g/mol. The maximum Gasteiger partial charge on any atom is 0.271 e. The van der Waals surface area contributed by atoms with Crippen LogP contribution >= 0.6 is 11.3 Å². The van der Waals surface area contributed by atoms with Crippen LogP contribution in [0.4, 0.5) is 0 Å². The Balaban J connectivity index is 2.00. The summed E-state index contributed by atoms with van der Waals surface area (Å²) in [7, 11) is 1.81. The van der Waals surface area contributed by atoms with Gasteiger partial charge in [0.15, 0.2) is 5.78 Å². The van der Waals surface area contributed by atoms with E-state index >= 15 is 0 Å². The van der Waals surface area contributed by atoms with Crippen molar-refractivity contribution in [1.29, 1.82) is 0 Å². The van der Waals surface area contributed by atoms with Crippen LogP contribution in [0.1, 0.15) is 16.1 Å². The summed E-state index contributed by atoms with van der Waals surface area (Å²) in [6, 6.07) is 3.55. The number of aryl methyl sites for hydroxylation is 2. The summed E-state index contributed by atoms with van der Waals surface area (Å²) in [5.74, 6) is -0.103. The molecular formula is C14H13N3O2S. The van der Waals surface area contributed by atoms with E-state index in [1.807, 2.05) is 12.3 Å². The molecule has 3 aromatic rings. The molecule has 0 fully saturated rings. The molecule has 102 valence electrons. The van der Waals surface area contributed by atoms with Gasteiger partial charge in [0.1, 0.15) is 4.70 Å². The normalized spacial score (nSPS) is 11.1. The molecule has 0 saturated heterocycles. The molecule has 0 bridgehead atoms. The second-order valence-corrected chi connectivity index (χ2v) is 5.58. The Kier molecular flexibility index (Phi) is 3.02. The predicted octanol–water partition coefficient (Wildman–Crippen LogP) is 1.99. The van der Waals surface area contributed by atoms with Gasteiger partial charge in [0.05, 0.1) is 24.1 Å². The van der Waals surface area contributed by atoms with Crippen molar-refractivity contribution in [2.24, 2.45) is 7.05 Å². The first kappa shape index (κ1) is 12.8. The van der Waals surface area contributed by atoms with Crippen LogP contribution in [0.2, 0.25) is 0 Å². The summed E-state index contributed by atoms with van der Waals surface area (Å²) in [6.45, 7) is 1.93. The van der Waals surface area contributed by atoms with Crippen LogP contribution in [0.25, 0.3) is 10.2 Å². The molecule has 0 aliphatic carbocycles. The van der Waals surface area contributed by atoms with E-state index in [0.717, 1.165) is 11.1 Å². The standard InChI is InChI=1S/C14H13N3O2S/c1-9-7-20-13-12(9)15-8-17(14(13)19)6-11(18)10-4-3-5-16(10)2/h3-5,7-8H,6H2,1-2H3. The van der Waals surface area contributed by atoms with E-state index in [4.69, 9.17) is 0 Å². The molecule has 0 atom stereocenters. The fraction of sp³-hybridized carbons (Fsp3) is 0.214. The number of ketones is 1. The number of aromatic nitrogens is 3. The lowest BCUT2D eigenvalue weighted by molar-refractivity contribution is 0.0963. The van der Waals surface area contributed by atoms with E-state index in [0.29, 0.717) is 10.4 Å². The van der Waals surface area contributed by atoms with Crippen molar-refractivity contribution in [3.05, 3.63) is 51.6 Å². The van der Waals surface area contributed by atoms with Gasteiger partial charge in [0, 0.05) is 13.2 Å². The Bertz CT molecular complexity index is 857. The molecule has 0 aliphatic heterocycles. The van der Waals surface area contributed by atoms with E-state index in [9.17, 15) is 9.59 Å². The predicted molar refractivity (Wildman–Crippen MR) is 78.4 cm³/mol. The van der Waals surface area contributed by atoms with Gasteiger partial charge < -0.3 is 4.57 Å². The lowest BCUT2D eigenvalue weighted by Crippen LogP contribution is -2.25. The molecule has 0 unspecified atom stereocenters. The number of thiophene rings is 1. The third kappa shape index (κ3) is 1.98. The first-order chi connectivity index (χ1) is 9.58. The number of carbonyl (C=O) groups is 1. The summed E-state index contributed by atoms with van der Waals surface area (Å²) in [6.07, 6.45) is 3.26. The van der Waals surface area contributed by atoms with Crippen LogP contribution in [0, 0.1) is 6.92 Å². The number of hydrogen-bond acceptors (Lipinski definition) is 4. The topological polar surface area (TPSA) is 56.9 Å². The lowest BCUT2D eigenvalue weighted by Gasteiger charge is -2.05. The van der Waals surface area contributed by atoms with E-state index in [2.05, 4.69) is 4.98 Å². The summed E-state index contributed by atoms with van der Waals surface area (Å²) in [5, 5.41) is 1.91. The molecule has 0 radical (unpaired) electrons. The second kappa shape index (κ2) is 4.72. The molecule has 0 amide bonds. The molecule has 20 heavy (non-hydrogen) atoms. The molecule has 3 heterocycles. The SMILES string of the molecule is Cc1csc2c(=O)n(CC(=O)c3cccn3C)cnc12. The van der Waals surface area contributed by atoms with Gasteiger partial charge in [0.2, 0.25) is 0 Å². The number of hydrogen-bond donors (Lipinski definition) is 0. The third-order valence-electron chi connectivity index (χ3n) is 3.27. The van der Waals surface area contributed by atoms with Crippen molar-refractivity contribution in [1.82, 2.24) is 14.1 Å². The van der Waals surface area contributed by atoms with Crippen molar-refractivity contribution in [3.63, 3.8) is 0 Å². The van der Waals surface area contributed by atoms with Crippen molar-refractivity contribution in [3.8, 4) is 0 Å². The van der Waals surface area contributed by atoms with E-state index in [1.165, 1.54) is 22.2 Å². The van der Waals surface area contributed by atoms with Gasteiger partial charge in [-0.15, -0.1) is 11.3 Å². The fourth-order valence-corrected chi connectivity index (χ4v) is 3.11. The molecule has 3 aromatic heterocycles. The van der Waals surface area contributed by atoms with Crippen LogP contribution in [0.5, 0.6) is 0 Å². The van der Waals surface area contributed by atoms with Gasteiger partial charge >= 0.3 is 0 Å². The molecule has 0 aromatic carbocycles. The minimum atomic E-state index is -0.157. The van der Waals surface area contributed by atoms with E-state index in [1.54, 1.807) is 29.9 Å². The average molecular weight is 287 g/mol. The third-order valence-corrected chi connectivity index (χ3v) is 4.34. The van der Waals surface area contributed by atoms with Crippen molar-refractivity contribution in [2.75, 3.05) is 0 Å². The number of nitrogens with zero attached hydrogens (tertiary/aromatic N) is 3. The van der Waals surface area contributed by atoms with Crippen LogP contribution in [0.15, 0.2) is 34.8 Å². The molecular weight excluding hydrogens is 274 g/mol. The highest BCUT2D eigenvalue weighted by atomic mass is 32.1. The highest BCUT2D eigenvalue weighted by Gasteiger charge is 2.13. The van der Waals surface area contributed by atoms with Crippen molar-refractivity contribution in [2.45, 2.75) is 13.5 Å². The Morgan fingerprint density at radius 1 is 1.45 bits per heavy atom. The van der Waals surface area contributed by atoms with Crippen LogP contribution in [-0.2, 0) is 13.6 Å². The molecule has 6 heteroatoms. The Morgan fingerprint density at radius 3 is 2.95 bits per heavy atom. The minimum absolute atomic E-state index is 0.0105. The fourth-order valence-electron chi connectivity index (χ4n) is 2.16. The molecule has 0 saturated carbocycles. The second-order valence-electron chi connectivity index (χ2n) is 4.70. The Hall–Kier alpha value is -2.21. The van der Waals surface area contributed by atoms with Crippen molar-refractivity contribution < 1.29 is 4.79 Å². The largest absolute Gasteiger partial charge is 0.348 e.